The van der Waals surface area contributed by atoms with Crippen LogP contribution in [-0.4, -0.2) is 40.8 Å². The first kappa shape index (κ1) is 14.8. The standard InChI is InChI=1S/C13H15BrN2O4/c1-20-12-10(3-2-4-11(12)16(18)19)13(17)15(8-7-14)9-5-6-9/h2-4,9H,5-8H2,1H3. The summed E-state index contributed by atoms with van der Waals surface area (Å²) < 4.78 is 5.09. The first-order valence-corrected chi connectivity index (χ1v) is 7.40. The van der Waals surface area contributed by atoms with Gasteiger partial charge in [0, 0.05) is 24.0 Å². The number of para-hydroxylation sites is 1. The summed E-state index contributed by atoms with van der Waals surface area (Å²) in [6.07, 6.45) is 1.96. The zero-order valence-corrected chi connectivity index (χ0v) is 12.6. The SMILES string of the molecule is COc1c(C(=O)N(CCBr)C2CC2)cccc1[N+](=O)[O-]. The first-order chi connectivity index (χ1) is 9.60. The van der Waals surface area contributed by atoms with Crippen LogP contribution in [0.2, 0.25) is 0 Å². The fourth-order valence-corrected chi connectivity index (χ4v) is 2.52. The van der Waals surface area contributed by atoms with Crippen LogP contribution in [0, 0.1) is 10.1 Å². The van der Waals surface area contributed by atoms with Gasteiger partial charge in [0.15, 0.2) is 0 Å². The van der Waals surface area contributed by atoms with Gasteiger partial charge in [-0.25, -0.2) is 0 Å². The van der Waals surface area contributed by atoms with E-state index in [1.165, 1.54) is 19.2 Å². The van der Waals surface area contributed by atoms with Crippen molar-refractivity contribution in [2.24, 2.45) is 0 Å². The highest BCUT2D eigenvalue weighted by atomic mass is 79.9. The van der Waals surface area contributed by atoms with E-state index in [0.29, 0.717) is 11.9 Å². The van der Waals surface area contributed by atoms with Crippen LogP contribution >= 0.6 is 15.9 Å². The molecule has 0 spiro atoms. The molecule has 20 heavy (non-hydrogen) atoms. The van der Waals surface area contributed by atoms with Gasteiger partial charge in [0.05, 0.1) is 17.6 Å². The Labute approximate surface area is 125 Å². The van der Waals surface area contributed by atoms with Crippen molar-refractivity contribution >= 4 is 27.5 Å². The van der Waals surface area contributed by atoms with Gasteiger partial charge >= 0.3 is 5.69 Å². The van der Waals surface area contributed by atoms with E-state index in [0.717, 1.165) is 12.8 Å². The van der Waals surface area contributed by atoms with Crippen LogP contribution in [-0.2, 0) is 0 Å². The molecule has 6 nitrogen and oxygen atoms in total. The zero-order valence-electron chi connectivity index (χ0n) is 11.0. The minimum absolute atomic E-state index is 0.0303. The maximum absolute atomic E-state index is 12.6. The second kappa shape index (κ2) is 6.21. The van der Waals surface area contributed by atoms with Gasteiger partial charge in [-0.1, -0.05) is 22.0 Å². The molecule has 0 atom stereocenters. The van der Waals surface area contributed by atoms with Gasteiger partial charge in [0.25, 0.3) is 5.91 Å². The molecule has 0 saturated heterocycles. The minimum Gasteiger partial charge on any atom is -0.490 e. The summed E-state index contributed by atoms with van der Waals surface area (Å²) in [5.41, 5.74) is 0.0579. The lowest BCUT2D eigenvalue weighted by Crippen LogP contribution is -2.35. The molecule has 0 heterocycles. The van der Waals surface area contributed by atoms with Crippen molar-refractivity contribution in [3.8, 4) is 5.75 Å². The molecule has 1 aliphatic carbocycles. The van der Waals surface area contributed by atoms with Crippen molar-refractivity contribution in [2.75, 3.05) is 19.0 Å². The van der Waals surface area contributed by atoms with E-state index >= 15 is 0 Å². The Morgan fingerprint density at radius 2 is 2.25 bits per heavy atom. The number of benzene rings is 1. The molecule has 0 aromatic heterocycles. The number of hydrogen-bond donors (Lipinski definition) is 0. The molecular formula is C13H15BrN2O4. The van der Waals surface area contributed by atoms with Crippen molar-refractivity contribution in [2.45, 2.75) is 18.9 Å². The van der Waals surface area contributed by atoms with E-state index in [1.807, 2.05) is 0 Å². The van der Waals surface area contributed by atoms with Crippen LogP contribution in [0.5, 0.6) is 5.75 Å². The summed E-state index contributed by atoms with van der Waals surface area (Å²) in [5, 5.41) is 11.7. The first-order valence-electron chi connectivity index (χ1n) is 6.28. The van der Waals surface area contributed by atoms with E-state index < -0.39 is 4.92 Å². The average Bonchev–Trinajstić information content (AvgIpc) is 3.27. The van der Waals surface area contributed by atoms with Crippen LogP contribution in [0.15, 0.2) is 18.2 Å². The highest BCUT2D eigenvalue weighted by Crippen LogP contribution is 2.34. The summed E-state index contributed by atoms with van der Waals surface area (Å²) >= 11 is 3.33. The van der Waals surface area contributed by atoms with E-state index in [-0.39, 0.29) is 28.9 Å². The lowest BCUT2D eigenvalue weighted by atomic mass is 10.1. The average molecular weight is 343 g/mol. The quantitative estimate of drug-likeness (QED) is 0.452. The normalized spacial score (nSPS) is 13.9. The van der Waals surface area contributed by atoms with Crippen molar-refractivity contribution in [1.82, 2.24) is 4.90 Å². The summed E-state index contributed by atoms with van der Waals surface area (Å²) in [4.78, 5) is 24.8. The number of alkyl halides is 1. The highest BCUT2D eigenvalue weighted by Gasteiger charge is 2.34. The predicted octanol–water partition coefficient (Wildman–Crippen LogP) is 2.60. The molecule has 1 amide bonds. The number of rotatable bonds is 6. The van der Waals surface area contributed by atoms with Gasteiger partial charge in [-0.15, -0.1) is 0 Å². The van der Waals surface area contributed by atoms with Gasteiger partial charge in [0.2, 0.25) is 5.75 Å². The molecule has 1 aliphatic rings. The molecule has 0 bridgehead atoms. The Bertz CT molecular complexity index is 531. The molecule has 1 fully saturated rings. The van der Waals surface area contributed by atoms with Gasteiger partial charge in [-0.3, -0.25) is 14.9 Å². The predicted molar refractivity (Wildman–Crippen MR) is 77.5 cm³/mol. The van der Waals surface area contributed by atoms with E-state index in [1.54, 1.807) is 11.0 Å². The van der Waals surface area contributed by atoms with Gasteiger partial charge in [0.1, 0.15) is 0 Å². The number of nitrogens with zero attached hydrogens (tertiary/aromatic N) is 2. The van der Waals surface area contributed by atoms with Crippen molar-refractivity contribution < 1.29 is 14.5 Å². The van der Waals surface area contributed by atoms with Crippen LogP contribution in [0.3, 0.4) is 0 Å². The lowest BCUT2D eigenvalue weighted by molar-refractivity contribution is -0.385. The smallest absolute Gasteiger partial charge is 0.311 e. The molecule has 0 radical (unpaired) electrons. The fraction of sp³-hybridized carbons (Fsp3) is 0.462. The topological polar surface area (TPSA) is 72.7 Å². The second-order valence-corrected chi connectivity index (χ2v) is 5.33. The summed E-state index contributed by atoms with van der Waals surface area (Å²) in [7, 11) is 1.34. The third-order valence-corrected chi connectivity index (χ3v) is 3.55. The summed E-state index contributed by atoms with van der Waals surface area (Å²) in [6, 6.07) is 4.65. The minimum atomic E-state index is -0.540. The lowest BCUT2D eigenvalue weighted by Gasteiger charge is -2.22. The van der Waals surface area contributed by atoms with Crippen LogP contribution in [0.25, 0.3) is 0 Å². The van der Waals surface area contributed by atoms with E-state index in [9.17, 15) is 14.9 Å². The molecular weight excluding hydrogens is 328 g/mol. The van der Waals surface area contributed by atoms with E-state index in [2.05, 4.69) is 15.9 Å². The maximum atomic E-state index is 12.6. The summed E-state index contributed by atoms with van der Waals surface area (Å²) in [6.45, 7) is 0.579. The maximum Gasteiger partial charge on any atom is 0.311 e. The molecule has 1 aromatic rings. The number of nitro groups is 1. The monoisotopic (exact) mass is 342 g/mol. The molecule has 1 saturated carbocycles. The van der Waals surface area contributed by atoms with Gasteiger partial charge in [-0.2, -0.15) is 0 Å². The second-order valence-electron chi connectivity index (χ2n) is 4.53. The molecule has 1 aromatic carbocycles. The Morgan fingerprint density at radius 1 is 1.55 bits per heavy atom. The van der Waals surface area contributed by atoms with Crippen LogP contribution < -0.4 is 4.74 Å². The zero-order chi connectivity index (χ0) is 14.7. The number of nitro benzene ring substituents is 1. The molecule has 0 aliphatic heterocycles. The van der Waals surface area contributed by atoms with Crippen molar-refractivity contribution in [3.05, 3.63) is 33.9 Å². The van der Waals surface area contributed by atoms with Gasteiger partial charge in [-0.05, 0) is 18.9 Å². The number of carbonyl (C=O) groups excluding carboxylic acids is 1. The molecule has 0 N–H and O–H groups in total. The molecule has 108 valence electrons. The molecule has 2 rings (SSSR count). The number of carbonyl (C=O) groups is 1. The highest BCUT2D eigenvalue weighted by molar-refractivity contribution is 9.09. The Kier molecular flexibility index (Phi) is 4.59. The Balaban J connectivity index is 2.37. The molecule has 0 unspecified atom stereocenters. The number of hydrogen-bond acceptors (Lipinski definition) is 4. The van der Waals surface area contributed by atoms with Gasteiger partial charge < -0.3 is 9.64 Å². The Morgan fingerprint density at radius 3 is 2.75 bits per heavy atom. The molecule has 7 heteroatoms. The van der Waals surface area contributed by atoms with Crippen LogP contribution in [0.1, 0.15) is 23.2 Å². The fourth-order valence-electron chi connectivity index (χ4n) is 2.13. The largest absolute Gasteiger partial charge is 0.490 e. The third-order valence-electron chi connectivity index (χ3n) is 3.20. The van der Waals surface area contributed by atoms with E-state index in [4.69, 9.17) is 4.74 Å². The number of halogens is 1. The Hall–Kier alpha value is -1.63. The summed E-state index contributed by atoms with van der Waals surface area (Å²) in [5.74, 6) is -0.185. The van der Waals surface area contributed by atoms with Crippen molar-refractivity contribution in [1.29, 1.82) is 0 Å². The van der Waals surface area contributed by atoms with Crippen molar-refractivity contribution in [3.63, 3.8) is 0 Å². The van der Waals surface area contributed by atoms with Crippen LogP contribution in [0.4, 0.5) is 5.69 Å². The third kappa shape index (κ3) is 2.92. The number of methoxy groups -OCH3 is 1. The number of amides is 1. The number of ether oxygens (including phenoxy) is 1.